The molecule has 23 heavy (non-hydrogen) atoms. The molecule has 0 heterocycles. The first kappa shape index (κ1) is 19.4. The molecule has 130 valence electrons. The fourth-order valence-electron chi connectivity index (χ4n) is 2.22. The number of hydrogen-bond acceptors (Lipinski definition) is 3. The van der Waals surface area contributed by atoms with E-state index in [9.17, 15) is 18.7 Å². The minimum Gasteiger partial charge on any atom is -0.497 e. The van der Waals surface area contributed by atoms with Gasteiger partial charge in [0, 0.05) is 0 Å². The number of ether oxygens (including phenoxy) is 1. The lowest BCUT2D eigenvalue weighted by molar-refractivity contribution is -0.140. The summed E-state index contributed by atoms with van der Waals surface area (Å²) in [7, 11) is 1.45. The summed E-state index contributed by atoms with van der Waals surface area (Å²) >= 11 is 0. The SMILES string of the molecule is COc1cccc([C@@H](NC(CCC(C)(C)C)C(=O)O)C(F)F)c1. The second-order valence-corrected chi connectivity index (χ2v) is 6.75. The van der Waals surface area contributed by atoms with E-state index in [1.54, 1.807) is 12.1 Å². The van der Waals surface area contributed by atoms with Crippen LogP contribution in [0.2, 0.25) is 0 Å². The first-order chi connectivity index (χ1) is 10.6. The van der Waals surface area contributed by atoms with Crippen molar-refractivity contribution in [2.75, 3.05) is 7.11 Å². The normalized spacial score (nSPS) is 14.6. The molecule has 2 atom stereocenters. The molecule has 0 aliphatic rings. The molecule has 0 spiro atoms. The van der Waals surface area contributed by atoms with Crippen molar-refractivity contribution in [3.63, 3.8) is 0 Å². The molecular formula is C17H25F2NO3. The molecule has 0 saturated carbocycles. The third kappa shape index (κ3) is 6.52. The summed E-state index contributed by atoms with van der Waals surface area (Å²) in [6.45, 7) is 5.95. The lowest BCUT2D eigenvalue weighted by atomic mass is 9.88. The first-order valence-electron chi connectivity index (χ1n) is 7.55. The van der Waals surface area contributed by atoms with Crippen molar-refractivity contribution in [3.8, 4) is 5.75 Å². The minimum absolute atomic E-state index is 0.0638. The summed E-state index contributed by atoms with van der Waals surface area (Å²) < 4.78 is 31.9. The Hall–Kier alpha value is -1.69. The van der Waals surface area contributed by atoms with Gasteiger partial charge in [0.1, 0.15) is 11.8 Å². The van der Waals surface area contributed by atoms with Crippen LogP contribution in [0, 0.1) is 5.41 Å². The monoisotopic (exact) mass is 329 g/mol. The molecule has 4 nitrogen and oxygen atoms in total. The van der Waals surface area contributed by atoms with Crippen molar-refractivity contribution in [3.05, 3.63) is 29.8 Å². The van der Waals surface area contributed by atoms with Crippen LogP contribution in [0.1, 0.15) is 45.2 Å². The molecule has 0 saturated heterocycles. The van der Waals surface area contributed by atoms with E-state index in [-0.39, 0.29) is 11.8 Å². The molecule has 0 bridgehead atoms. The zero-order valence-electron chi connectivity index (χ0n) is 14.0. The van der Waals surface area contributed by atoms with Gasteiger partial charge in [-0.1, -0.05) is 32.9 Å². The van der Waals surface area contributed by atoms with E-state index in [0.29, 0.717) is 17.7 Å². The van der Waals surface area contributed by atoms with E-state index in [1.165, 1.54) is 19.2 Å². The van der Waals surface area contributed by atoms with Gasteiger partial charge in [0.2, 0.25) is 0 Å². The van der Waals surface area contributed by atoms with Crippen LogP contribution >= 0.6 is 0 Å². The Morgan fingerprint density at radius 2 is 2.00 bits per heavy atom. The maximum absolute atomic E-state index is 13.4. The molecule has 0 aliphatic carbocycles. The van der Waals surface area contributed by atoms with Gasteiger partial charge in [0.15, 0.2) is 0 Å². The van der Waals surface area contributed by atoms with Gasteiger partial charge in [0.25, 0.3) is 6.43 Å². The van der Waals surface area contributed by atoms with Crippen molar-refractivity contribution in [1.82, 2.24) is 5.32 Å². The highest BCUT2D eigenvalue weighted by molar-refractivity contribution is 5.73. The summed E-state index contributed by atoms with van der Waals surface area (Å²) in [5.41, 5.74) is 0.243. The maximum Gasteiger partial charge on any atom is 0.320 e. The molecule has 6 heteroatoms. The van der Waals surface area contributed by atoms with Gasteiger partial charge in [0.05, 0.1) is 13.2 Å². The number of alkyl halides is 2. The predicted octanol–water partition coefficient (Wildman–Crippen LogP) is 3.87. The van der Waals surface area contributed by atoms with Crippen LogP contribution < -0.4 is 10.1 Å². The van der Waals surface area contributed by atoms with Crippen LogP contribution in [-0.4, -0.2) is 30.7 Å². The molecule has 1 aromatic rings. The highest BCUT2D eigenvalue weighted by Gasteiger charge is 2.29. The summed E-state index contributed by atoms with van der Waals surface area (Å²) in [6, 6.07) is 3.91. The highest BCUT2D eigenvalue weighted by Crippen LogP contribution is 2.27. The van der Waals surface area contributed by atoms with Gasteiger partial charge in [-0.3, -0.25) is 10.1 Å². The number of hydrogen-bond donors (Lipinski definition) is 2. The van der Waals surface area contributed by atoms with Crippen LogP contribution in [0.3, 0.4) is 0 Å². The van der Waals surface area contributed by atoms with Crippen LogP contribution in [0.4, 0.5) is 8.78 Å². The number of methoxy groups -OCH3 is 1. The summed E-state index contributed by atoms with van der Waals surface area (Å²) in [5.74, 6) is -0.667. The van der Waals surface area contributed by atoms with Crippen LogP contribution in [0.25, 0.3) is 0 Å². The second kappa shape index (κ2) is 8.24. The number of nitrogens with one attached hydrogen (secondary N) is 1. The summed E-state index contributed by atoms with van der Waals surface area (Å²) in [4.78, 5) is 11.4. The standard InChI is InChI=1S/C17H25F2NO3/c1-17(2,3)9-8-13(16(21)22)20-14(15(18)19)11-6-5-7-12(10-11)23-4/h5-7,10,13-15,20H,8-9H2,1-4H3,(H,21,22)/t13?,14-/m1/s1. The van der Waals surface area contributed by atoms with E-state index >= 15 is 0 Å². The summed E-state index contributed by atoms with van der Waals surface area (Å²) in [6.07, 6.45) is -1.82. The number of rotatable bonds is 8. The Labute approximate surface area is 135 Å². The quantitative estimate of drug-likeness (QED) is 0.760. The Balaban J connectivity index is 2.92. The number of carboxylic acid groups (broad SMARTS) is 1. The van der Waals surface area contributed by atoms with Gasteiger partial charge in [-0.15, -0.1) is 0 Å². The van der Waals surface area contributed by atoms with Gasteiger partial charge < -0.3 is 9.84 Å². The van der Waals surface area contributed by atoms with E-state index in [4.69, 9.17) is 4.74 Å². The van der Waals surface area contributed by atoms with E-state index < -0.39 is 24.5 Å². The summed E-state index contributed by atoms with van der Waals surface area (Å²) in [5, 5.41) is 11.9. The topological polar surface area (TPSA) is 58.6 Å². The number of halogens is 2. The van der Waals surface area contributed by atoms with Gasteiger partial charge in [-0.25, -0.2) is 8.78 Å². The largest absolute Gasteiger partial charge is 0.497 e. The molecule has 1 aromatic carbocycles. The van der Waals surface area contributed by atoms with Crippen LogP contribution in [-0.2, 0) is 4.79 Å². The molecule has 1 unspecified atom stereocenters. The van der Waals surface area contributed by atoms with Gasteiger partial charge >= 0.3 is 5.97 Å². The lowest BCUT2D eigenvalue weighted by Crippen LogP contribution is -2.42. The molecule has 0 fully saturated rings. The smallest absolute Gasteiger partial charge is 0.320 e. The van der Waals surface area contributed by atoms with Crippen molar-refractivity contribution in [2.24, 2.45) is 5.41 Å². The molecule has 0 aliphatic heterocycles. The fraction of sp³-hybridized carbons (Fsp3) is 0.588. The molecule has 0 amide bonds. The Bertz CT molecular complexity index is 515. The van der Waals surface area contributed by atoms with Crippen molar-refractivity contribution in [2.45, 2.75) is 52.1 Å². The van der Waals surface area contributed by atoms with E-state index in [2.05, 4.69) is 5.32 Å². The van der Waals surface area contributed by atoms with Crippen molar-refractivity contribution < 1.29 is 23.4 Å². The zero-order valence-corrected chi connectivity index (χ0v) is 14.0. The number of carbonyl (C=O) groups is 1. The Morgan fingerprint density at radius 3 is 2.48 bits per heavy atom. The zero-order chi connectivity index (χ0) is 17.6. The minimum atomic E-state index is -2.72. The highest BCUT2D eigenvalue weighted by atomic mass is 19.3. The molecule has 0 aromatic heterocycles. The van der Waals surface area contributed by atoms with Crippen LogP contribution in [0.5, 0.6) is 5.75 Å². The third-order valence-corrected chi connectivity index (χ3v) is 3.57. The molecular weight excluding hydrogens is 304 g/mol. The van der Waals surface area contributed by atoms with E-state index in [1.807, 2.05) is 20.8 Å². The van der Waals surface area contributed by atoms with E-state index in [0.717, 1.165) is 0 Å². The van der Waals surface area contributed by atoms with Crippen molar-refractivity contribution >= 4 is 5.97 Å². The molecule has 2 N–H and O–H groups in total. The average molecular weight is 329 g/mol. The number of carboxylic acids is 1. The van der Waals surface area contributed by atoms with Crippen molar-refractivity contribution in [1.29, 1.82) is 0 Å². The second-order valence-electron chi connectivity index (χ2n) is 6.75. The van der Waals surface area contributed by atoms with Gasteiger partial charge in [-0.05, 0) is 36.0 Å². The predicted molar refractivity (Wildman–Crippen MR) is 85.0 cm³/mol. The molecule has 0 radical (unpaired) electrons. The number of benzene rings is 1. The average Bonchev–Trinajstić information content (AvgIpc) is 2.45. The van der Waals surface area contributed by atoms with Crippen LogP contribution in [0.15, 0.2) is 24.3 Å². The Kier molecular flexibility index (Phi) is 6.94. The van der Waals surface area contributed by atoms with Gasteiger partial charge in [-0.2, -0.15) is 0 Å². The Morgan fingerprint density at radius 1 is 1.35 bits per heavy atom. The third-order valence-electron chi connectivity index (χ3n) is 3.57. The fourth-order valence-corrected chi connectivity index (χ4v) is 2.22. The molecule has 1 rings (SSSR count). The first-order valence-corrected chi connectivity index (χ1v) is 7.55. The number of aliphatic carboxylic acids is 1. The lowest BCUT2D eigenvalue weighted by Gasteiger charge is -2.26. The maximum atomic E-state index is 13.4.